The molecule has 4 bridgehead atoms. The molecule has 7 aliphatic carbocycles. The fraction of sp³-hybridized carbons (Fsp3) is 0.412. The van der Waals surface area contributed by atoms with E-state index < -0.39 is 5.41 Å². The van der Waals surface area contributed by atoms with Crippen molar-refractivity contribution in [1.82, 2.24) is 0 Å². The molecule has 1 spiro atoms. The Bertz CT molecular complexity index is 2680. The van der Waals surface area contributed by atoms with Crippen LogP contribution in [-0.2, 0) is 21.7 Å². The van der Waals surface area contributed by atoms with E-state index in [0.29, 0.717) is 39.8 Å². The monoisotopic (exact) mass is 686 g/mol. The Labute approximate surface area is 321 Å². The van der Waals surface area contributed by atoms with Crippen molar-refractivity contribution < 1.29 is 9.60 Å². The fourth-order valence-electron chi connectivity index (χ4n) is 12.8. The van der Waals surface area contributed by atoms with Gasteiger partial charge in [-0.2, -0.15) is 0 Å². The van der Waals surface area contributed by atoms with Crippen LogP contribution in [0, 0.1) is 23.7 Å². The first-order valence-corrected chi connectivity index (χ1v) is 19.8. The third-order valence-corrected chi connectivity index (χ3v) is 15.1. The molecule has 1 nitrogen and oxygen atoms in total. The molecule has 12 rings (SSSR count). The minimum absolute atomic E-state index is 0.0325. The molecule has 262 valence electrons. The standard InChI is InChI=1S/C51H53N/c1-48(2)22-23-49(3,4)47-43(48)16-11-17-46(47)52(35-18-20-39-37-12-7-9-14-41(37)50(5,6)44(39)29-35)36-19-21-40-38-13-8-10-15-42(38)51(45(40)30-36)33-25-31-24-32(27-33)28-34(51)26-31/h7-21,29-34H,22-28H2,1-6H3/i8D,10D,13D,15D,19D,21D,30D. The molecule has 0 aliphatic heterocycles. The van der Waals surface area contributed by atoms with Gasteiger partial charge in [0.1, 0.15) is 0 Å². The minimum Gasteiger partial charge on any atom is -0.310 e. The number of anilines is 3. The van der Waals surface area contributed by atoms with Crippen molar-refractivity contribution in [3.63, 3.8) is 0 Å². The average Bonchev–Trinajstić information content (AvgIpc) is 3.64. The molecule has 0 aromatic heterocycles. The Morgan fingerprint density at radius 1 is 0.558 bits per heavy atom. The van der Waals surface area contributed by atoms with E-state index in [1.54, 1.807) is 0 Å². The molecule has 0 heterocycles. The molecule has 0 saturated heterocycles. The summed E-state index contributed by atoms with van der Waals surface area (Å²) in [5, 5.41) is 0. The minimum atomic E-state index is -0.825. The normalized spacial score (nSPS) is 30.5. The maximum atomic E-state index is 10.7. The summed E-state index contributed by atoms with van der Waals surface area (Å²) in [5.74, 6) is 1.34. The van der Waals surface area contributed by atoms with Crippen LogP contribution in [0.4, 0.5) is 17.1 Å². The van der Waals surface area contributed by atoms with E-state index in [9.17, 15) is 6.85 Å². The molecule has 5 aromatic carbocycles. The molecule has 0 amide bonds. The van der Waals surface area contributed by atoms with Gasteiger partial charge < -0.3 is 4.90 Å². The third-order valence-electron chi connectivity index (χ3n) is 15.1. The summed E-state index contributed by atoms with van der Waals surface area (Å²) >= 11 is 0. The van der Waals surface area contributed by atoms with E-state index in [2.05, 4.69) is 107 Å². The molecule has 0 atom stereocenters. The molecule has 0 unspecified atom stereocenters. The largest absolute Gasteiger partial charge is 0.310 e. The van der Waals surface area contributed by atoms with Gasteiger partial charge >= 0.3 is 0 Å². The van der Waals surface area contributed by atoms with Crippen LogP contribution in [0.15, 0.2) is 103 Å². The van der Waals surface area contributed by atoms with E-state index in [-0.39, 0.29) is 70.4 Å². The Morgan fingerprint density at radius 2 is 1.23 bits per heavy atom. The second-order valence-corrected chi connectivity index (χ2v) is 19.1. The summed E-state index contributed by atoms with van der Waals surface area (Å²) in [6, 6.07) is 21.1. The van der Waals surface area contributed by atoms with E-state index in [1.807, 2.05) is 0 Å². The Balaban J connectivity index is 1.26. The predicted octanol–water partition coefficient (Wildman–Crippen LogP) is 13.5. The average molecular weight is 687 g/mol. The van der Waals surface area contributed by atoms with Crippen molar-refractivity contribution in [3.8, 4) is 22.3 Å². The number of hydrogen-bond acceptors (Lipinski definition) is 1. The van der Waals surface area contributed by atoms with E-state index in [4.69, 9.17) is 2.74 Å². The van der Waals surface area contributed by atoms with E-state index in [0.717, 1.165) is 49.9 Å². The first kappa shape index (κ1) is 25.0. The molecule has 52 heavy (non-hydrogen) atoms. The molecule has 0 radical (unpaired) electrons. The molecule has 5 aromatic rings. The lowest BCUT2D eigenvalue weighted by Crippen LogP contribution is -2.55. The first-order chi connectivity index (χ1) is 27.9. The summed E-state index contributed by atoms with van der Waals surface area (Å²) < 4.78 is 67.7. The number of rotatable bonds is 3. The van der Waals surface area contributed by atoms with Gasteiger partial charge in [0, 0.05) is 22.2 Å². The van der Waals surface area contributed by atoms with E-state index in [1.165, 1.54) is 39.8 Å². The van der Waals surface area contributed by atoms with Gasteiger partial charge in [-0.1, -0.05) is 114 Å². The Morgan fingerprint density at radius 3 is 2.02 bits per heavy atom. The zero-order chi connectivity index (χ0) is 41.5. The highest BCUT2D eigenvalue weighted by Crippen LogP contribution is 2.70. The summed E-state index contributed by atoms with van der Waals surface area (Å²) in [5.41, 5.74) is 10.1. The molecule has 4 fully saturated rings. The van der Waals surface area contributed by atoms with Gasteiger partial charge in [0.25, 0.3) is 0 Å². The highest BCUT2D eigenvalue weighted by molar-refractivity contribution is 5.89. The van der Waals surface area contributed by atoms with Crippen LogP contribution in [-0.4, -0.2) is 0 Å². The van der Waals surface area contributed by atoms with Crippen molar-refractivity contribution in [2.24, 2.45) is 23.7 Å². The first-order valence-electron chi connectivity index (χ1n) is 23.3. The highest BCUT2D eigenvalue weighted by atomic mass is 15.1. The Hall–Kier alpha value is -4.10. The van der Waals surface area contributed by atoms with Crippen LogP contribution >= 0.6 is 0 Å². The van der Waals surface area contributed by atoms with Gasteiger partial charge in [0.2, 0.25) is 0 Å². The van der Waals surface area contributed by atoms with Crippen molar-refractivity contribution in [2.75, 3.05) is 4.90 Å². The van der Waals surface area contributed by atoms with Crippen LogP contribution in [0.1, 0.15) is 129 Å². The molecular weight excluding hydrogens is 627 g/mol. The van der Waals surface area contributed by atoms with Gasteiger partial charge in [0.05, 0.1) is 15.3 Å². The molecular formula is C51H53N. The zero-order valence-electron chi connectivity index (χ0n) is 38.5. The molecule has 4 saturated carbocycles. The quantitative estimate of drug-likeness (QED) is 0.183. The number of hydrogen-bond donors (Lipinski definition) is 0. The van der Waals surface area contributed by atoms with Gasteiger partial charge in [0.15, 0.2) is 0 Å². The van der Waals surface area contributed by atoms with Gasteiger partial charge in [-0.05, 0) is 165 Å². The smallest absolute Gasteiger partial charge is 0.0648 e. The topological polar surface area (TPSA) is 3.24 Å². The highest BCUT2D eigenvalue weighted by Gasteiger charge is 2.61. The molecule has 1 heteroatoms. The lowest BCUT2D eigenvalue weighted by Gasteiger charge is -2.61. The van der Waals surface area contributed by atoms with Gasteiger partial charge in [-0.25, -0.2) is 0 Å². The maximum Gasteiger partial charge on any atom is 0.0648 e. The zero-order valence-corrected chi connectivity index (χ0v) is 31.5. The van der Waals surface area contributed by atoms with Crippen molar-refractivity contribution in [3.05, 3.63) is 136 Å². The van der Waals surface area contributed by atoms with Crippen LogP contribution in [0.2, 0.25) is 0 Å². The number of fused-ring (bicyclic) bond motifs is 7. The lowest BCUT2D eigenvalue weighted by molar-refractivity contribution is -0.0399. The maximum absolute atomic E-state index is 10.7. The SMILES string of the molecule is [2H]c1c([2H])c([2H])c2c(c1[2H])-c1c([2H])c([2H])c(N(c3ccc4c(c3)C(C)(C)c3ccccc3-4)c3cccc4c3C(C)(C)CCC4(C)C)c([2H])c1C21C2CC3CC(C2)CC1C3. The third kappa shape index (κ3) is 3.96. The van der Waals surface area contributed by atoms with Crippen molar-refractivity contribution in [2.45, 2.75) is 108 Å². The van der Waals surface area contributed by atoms with Crippen LogP contribution < -0.4 is 4.90 Å². The summed E-state index contributed by atoms with van der Waals surface area (Å²) in [6.07, 6.45) is 7.06. The van der Waals surface area contributed by atoms with Crippen LogP contribution in [0.5, 0.6) is 0 Å². The molecule has 7 aliphatic rings. The van der Waals surface area contributed by atoms with Gasteiger partial charge in [-0.3, -0.25) is 0 Å². The summed E-state index contributed by atoms with van der Waals surface area (Å²) in [4.78, 5) is 2.14. The summed E-state index contributed by atoms with van der Waals surface area (Å²) in [6.45, 7) is 13.8. The Kier molecular flexibility index (Phi) is 4.96. The van der Waals surface area contributed by atoms with Crippen molar-refractivity contribution in [1.29, 1.82) is 0 Å². The van der Waals surface area contributed by atoms with Crippen LogP contribution in [0.3, 0.4) is 0 Å². The number of nitrogens with zero attached hydrogens (tertiary/aromatic N) is 1. The van der Waals surface area contributed by atoms with Crippen molar-refractivity contribution >= 4 is 17.1 Å². The molecule has 0 N–H and O–H groups in total. The summed E-state index contributed by atoms with van der Waals surface area (Å²) in [7, 11) is 0. The van der Waals surface area contributed by atoms with E-state index >= 15 is 0 Å². The second kappa shape index (κ2) is 10.3. The lowest BCUT2D eigenvalue weighted by atomic mass is 9.43. The second-order valence-electron chi connectivity index (χ2n) is 19.1. The van der Waals surface area contributed by atoms with Gasteiger partial charge in [-0.15, -0.1) is 0 Å². The predicted molar refractivity (Wildman–Crippen MR) is 217 cm³/mol. The number of benzene rings is 5. The van der Waals surface area contributed by atoms with Crippen LogP contribution in [0.25, 0.3) is 22.3 Å². The fourth-order valence-corrected chi connectivity index (χ4v) is 12.8.